The highest BCUT2D eigenvalue weighted by molar-refractivity contribution is 6.41. The molecule has 162 valence electrons. The lowest BCUT2D eigenvalue weighted by atomic mass is 9.89. The Morgan fingerprint density at radius 1 is 1.19 bits per heavy atom. The monoisotopic (exact) mass is 427 g/mol. The van der Waals surface area contributed by atoms with Gasteiger partial charge in [0.15, 0.2) is 6.10 Å². The van der Waals surface area contributed by atoms with E-state index in [-0.39, 0.29) is 17.6 Å². The van der Waals surface area contributed by atoms with Gasteiger partial charge in [-0.1, -0.05) is 20.8 Å². The quantitative estimate of drug-likeness (QED) is 0.477. The van der Waals surface area contributed by atoms with Gasteiger partial charge in [0.05, 0.1) is 18.3 Å². The highest BCUT2D eigenvalue weighted by Gasteiger charge is 2.35. The second kappa shape index (κ2) is 9.15. The second-order valence-corrected chi connectivity index (χ2v) is 7.54. The summed E-state index contributed by atoms with van der Waals surface area (Å²) in [6.45, 7) is 4.91. The van der Waals surface area contributed by atoms with Gasteiger partial charge >= 0.3 is 6.09 Å². The lowest BCUT2D eigenvalue weighted by Gasteiger charge is -2.27. The molecular formula is C19H21N7O5. The number of aromatic nitrogens is 5. The van der Waals surface area contributed by atoms with Crippen LogP contribution >= 0.6 is 0 Å². The van der Waals surface area contributed by atoms with Gasteiger partial charge in [0, 0.05) is 23.9 Å². The van der Waals surface area contributed by atoms with Crippen molar-refractivity contribution in [3.05, 3.63) is 42.7 Å². The van der Waals surface area contributed by atoms with Gasteiger partial charge in [0.2, 0.25) is 11.7 Å². The van der Waals surface area contributed by atoms with Crippen LogP contribution < -0.4 is 10.6 Å². The van der Waals surface area contributed by atoms with E-state index in [1.165, 1.54) is 12.3 Å². The van der Waals surface area contributed by atoms with Crippen LogP contribution in [0.4, 0.5) is 10.6 Å². The molecular weight excluding hydrogens is 406 g/mol. The summed E-state index contributed by atoms with van der Waals surface area (Å²) in [5, 5.41) is 18.7. The van der Waals surface area contributed by atoms with Crippen LogP contribution in [0.2, 0.25) is 0 Å². The van der Waals surface area contributed by atoms with Crippen molar-refractivity contribution in [2.24, 2.45) is 5.41 Å². The molecule has 0 bridgehead atoms. The molecule has 0 unspecified atom stereocenters. The molecule has 0 radical (unpaired) electrons. The Kier molecular flexibility index (Phi) is 6.38. The van der Waals surface area contributed by atoms with Crippen LogP contribution in [0.3, 0.4) is 0 Å². The molecule has 12 nitrogen and oxygen atoms in total. The van der Waals surface area contributed by atoms with Crippen LogP contribution in [0.15, 0.2) is 41.2 Å². The number of nitrogens with one attached hydrogen (secondary N) is 3. The number of ketones is 1. The summed E-state index contributed by atoms with van der Waals surface area (Å²) in [5.41, 5.74) is 0.0187. The molecule has 12 heteroatoms. The number of ether oxygens (including phenoxy) is 1. The molecule has 3 aromatic heterocycles. The van der Waals surface area contributed by atoms with E-state index in [1.807, 2.05) is 20.8 Å². The lowest BCUT2D eigenvalue weighted by molar-refractivity contribution is -0.134. The third-order valence-electron chi connectivity index (χ3n) is 3.98. The molecule has 2 amide bonds. The first-order valence-electron chi connectivity index (χ1n) is 9.26. The normalized spacial score (nSPS) is 12.1. The molecule has 3 heterocycles. The Balaban J connectivity index is 1.61. The molecule has 0 saturated carbocycles. The van der Waals surface area contributed by atoms with Crippen LogP contribution in [0.25, 0.3) is 11.5 Å². The first-order chi connectivity index (χ1) is 14.7. The average Bonchev–Trinajstić information content (AvgIpc) is 3.42. The molecule has 0 fully saturated rings. The van der Waals surface area contributed by atoms with Crippen LogP contribution in [0, 0.1) is 5.41 Å². The SMILES string of the molecule is CC(C)(C)[C@@H](OC(=O)NCC(=O)C(=O)Nc1ccn[nH]1)c1nnc(-c2cccnc2)o1. The summed E-state index contributed by atoms with van der Waals surface area (Å²) in [5.74, 6) is -1.20. The zero-order valence-electron chi connectivity index (χ0n) is 17.1. The number of alkyl carbamates (subject to hydrolysis) is 1. The minimum atomic E-state index is -0.913. The fraction of sp³-hybridized carbons (Fsp3) is 0.316. The Bertz CT molecular complexity index is 1040. The first-order valence-corrected chi connectivity index (χ1v) is 9.26. The minimum absolute atomic E-state index is 0.0878. The van der Waals surface area contributed by atoms with Gasteiger partial charge in [0.1, 0.15) is 5.82 Å². The number of H-pyrrole nitrogens is 1. The summed E-state index contributed by atoms with van der Waals surface area (Å²) in [6, 6.07) is 4.96. The number of amides is 2. The zero-order valence-corrected chi connectivity index (χ0v) is 17.1. The molecule has 0 aromatic carbocycles. The van der Waals surface area contributed by atoms with Crippen molar-refractivity contribution >= 4 is 23.6 Å². The molecule has 3 rings (SSSR count). The van der Waals surface area contributed by atoms with E-state index in [1.54, 1.807) is 24.5 Å². The van der Waals surface area contributed by atoms with Crippen molar-refractivity contribution in [3.8, 4) is 11.5 Å². The van der Waals surface area contributed by atoms with E-state index in [0.717, 1.165) is 0 Å². The standard InChI is InChI=1S/C19H21N7O5/c1-19(2,3)14(17-26-25-16(31-17)11-5-4-7-20-9-11)30-18(29)21-10-12(27)15(28)23-13-6-8-22-24-13/h4-9,14H,10H2,1-3H3,(H,21,29)(H2,22,23,24,28)/t14-/m0/s1. The van der Waals surface area contributed by atoms with Gasteiger partial charge < -0.3 is 19.8 Å². The average molecular weight is 427 g/mol. The van der Waals surface area contributed by atoms with Crippen LogP contribution in [0.5, 0.6) is 0 Å². The molecule has 0 aliphatic heterocycles. The second-order valence-electron chi connectivity index (χ2n) is 7.54. The van der Waals surface area contributed by atoms with Crippen LogP contribution in [-0.4, -0.2) is 49.7 Å². The molecule has 3 N–H and O–H groups in total. The molecule has 3 aromatic rings. The van der Waals surface area contributed by atoms with Crippen molar-refractivity contribution in [2.45, 2.75) is 26.9 Å². The maximum absolute atomic E-state index is 12.3. The van der Waals surface area contributed by atoms with E-state index in [9.17, 15) is 14.4 Å². The van der Waals surface area contributed by atoms with E-state index >= 15 is 0 Å². The lowest BCUT2D eigenvalue weighted by Crippen LogP contribution is -2.38. The third-order valence-corrected chi connectivity index (χ3v) is 3.98. The van der Waals surface area contributed by atoms with E-state index in [4.69, 9.17) is 9.15 Å². The third kappa shape index (κ3) is 5.72. The highest BCUT2D eigenvalue weighted by Crippen LogP contribution is 2.36. The van der Waals surface area contributed by atoms with E-state index in [0.29, 0.717) is 5.56 Å². The summed E-state index contributed by atoms with van der Waals surface area (Å²) >= 11 is 0. The molecule has 0 saturated heterocycles. The maximum atomic E-state index is 12.3. The first kappa shape index (κ1) is 21.6. The summed E-state index contributed by atoms with van der Waals surface area (Å²) in [7, 11) is 0. The van der Waals surface area contributed by atoms with Crippen molar-refractivity contribution < 1.29 is 23.5 Å². The van der Waals surface area contributed by atoms with Crippen molar-refractivity contribution in [1.82, 2.24) is 30.7 Å². The fourth-order valence-corrected chi connectivity index (χ4v) is 2.44. The molecule has 31 heavy (non-hydrogen) atoms. The molecule has 0 aliphatic rings. The van der Waals surface area contributed by atoms with Crippen molar-refractivity contribution in [3.63, 3.8) is 0 Å². The fourth-order valence-electron chi connectivity index (χ4n) is 2.44. The molecule has 0 spiro atoms. The van der Waals surface area contributed by atoms with Gasteiger partial charge in [-0.2, -0.15) is 5.10 Å². The Morgan fingerprint density at radius 2 is 2.00 bits per heavy atom. The largest absolute Gasteiger partial charge is 0.436 e. The Morgan fingerprint density at radius 3 is 2.65 bits per heavy atom. The van der Waals surface area contributed by atoms with E-state index in [2.05, 4.69) is 36.0 Å². The minimum Gasteiger partial charge on any atom is -0.436 e. The Hall–Kier alpha value is -4.09. The predicted molar refractivity (Wildman–Crippen MR) is 106 cm³/mol. The number of Topliss-reactive ketones (excluding diaryl/α,β-unsaturated/α-hetero) is 1. The predicted octanol–water partition coefficient (Wildman–Crippen LogP) is 1.88. The number of aromatic amines is 1. The molecule has 0 aliphatic carbocycles. The van der Waals surface area contributed by atoms with Gasteiger partial charge in [-0.05, 0) is 12.1 Å². The maximum Gasteiger partial charge on any atom is 0.408 e. The summed E-state index contributed by atoms with van der Waals surface area (Å²) in [4.78, 5) is 40.0. The van der Waals surface area contributed by atoms with Gasteiger partial charge in [-0.15, -0.1) is 10.2 Å². The molecule has 1 atom stereocenters. The van der Waals surface area contributed by atoms with Gasteiger partial charge in [0.25, 0.3) is 11.8 Å². The number of pyridine rings is 1. The van der Waals surface area contributed by atoms with Gasteiger partial charge in [-0.25, -0.2) is 4.79 Å². The number of carbonyl (C=O) groups excluding carboxylic acids is 3. The van der Waals surface area contributed by atoms with E-state index < -0.39 is 35.8 Å². The topological polar surface area (TPSA) is 165 Å². The summed E-state index contributed by atoms with van der Waals surface area (Å²) < 4.78 is 11.1. The number of nitrogens with zero attached hydrogens (tertiary/aromatic N) is 4. The van der Waals surface area contributed by atoms with Crippen molar-refractivity contribution in [1.29, 1.82) is 0 Å². The van der Waals surface area contributed by atoms with Crippen LogP contribution in [-0.2, 0) is 14.3 Å². The van der Waals surface area contributed by atoms with Gasteiger partial charge in [-0.3, -0.25) is 19.7 Å². The number of rotatable bonds is 7. The number of carbonyl (C=O) groups is 3. The Labute approximate surface area is 176 Å². The zero-order chi connectivity index (χ0) is 22.4. The smallest absolute Gasteiger partial charge is 0.408 e. The number of anilines is 1. The van der Waals surface area contributed by atoms with Crippen LogP contribution in [0.1, 0.15) is 32.8 Å². The number of hydrogen-bond donors (Lipinski definition) is 3. The highest BCUT2D eigenvalue weighted by atomic mass is 16.6. The number of hydrogen-bond acceptors (Lipinski definition) is 9. The summed E-state index contributed by atoms with van der Waals surface area (Å²) in [6.07, 6.45) is 2.78. The van der Waals surface area contributed by atoms with Crippen molar-refractivity contribution in [2.75, 3.05) is 11.9 Å².